The normalized spacial score (nSPS) is 10.3. The number of hydrogen-bond donors (Lipinski definition) is 0. The average molecular weight is 344 g/mol. The van der Waals surface area contributed by atoms with Crippen molar-refractivity contribution in [3.8, 4) is 11.6 Å². The van der Waals surface area contributed by atoms with Crippen LogP contribution in [-0.4, -0.2) is 9.91 Å². The van der Waals surface area contributed by atoms with Gasteiger partial charge in [-0.2, -0.15) is 0 Å². The van der Waals surface area contributed by atoms with E-state index in [0.717, 1.165) is 10.0 Å². The summed E-state index contributed by atoms with van der Waals surface area (Å²) in [5.41, 5.74) is 0.542. The zero-order chi connectivity index (χ0) is 14.0. The number of nitrogens with zero attached hydrogens (tertiary/aromatic N) is 2. The van der Waals surface area contributed by atoms with Gasteiger partial charge in [-0.15, -0.1) is 0 Å². The van der Waals surface area contributed by atoms with Crippen molar-refractivity contribution in [2.24, 2.45) is 0 Å². The van der Waals surface area contributed by atoms with E-state index in [4.69, 9.17) is 16.3 Å². The van der Waals surface area contributed by atoms with Crippen molar-refractivity contribution >= 4 is 33.2 Å². The van der Waals surface area contributed by atoms with E-state index in [2.05, 4.69) is 20.9 Å². The SMILES string of the molecule is Cc1cc(Br)cnc1Oc1c(Cl)cccc1[N+](=O)[O-]. The highest BCUT2D eigenvalue weighted by molar-refractivity contribution is 9.10. The van der Waals surface area contributed by atoms with E-state index in [1.54, 1.807) is 19.2 Å². The first-order valence-electron chi connectivity index (χ1n) is 5.22. The average Bonchev–Trinajstić information content (AvgIpc) is 2.34. The fourth-order valence-corrected chi connectivity index (χ4v) is 2.13. The van der Waals surface area contributed by atoms with Gasteiger partial charge in [0.15, 0.2) is 0 Å². The van der Waals surface area contributed by atoms with E-state index >= 15 is 0 Å². The molecular formula is C12H8BrClN2O3. The molecule has 0 bridgehead atoms. The molecule has 19 heavy (non-hydrogen) atoms. The first-order valence-corrected chi connectivity index (χ1v) is 6.39. The van der Waals surface area contributed by atoms with Gasteiger partial charge in [0.05, 0.1) is 9.95 Å². The van der Waals surface area contributed by atoms with Crippen LogP contribution in [0.2, 0.25) is 5.02 Å². The van der Waals surface area contributed by atoms with Gasteiger partial charge in [0, 0.05) is 22.3 Å². The maximum absolute atomic E-state index is 10.9. The molecule has 5 nitrogen and oxygen atoms in total. The molecule has 0 saturated heterocycles. The molecule has 98 valence electrons. The van der Waals surface area contributed by atoms with Gasteiger partial charge >= 0.3 is 5.69 Å². The van der Waals surface area contributed by atoms with E-state index in [-0.39, 0.29) is 22.3 Å². The van der Waals surface area contributed by atoms with E-state index in [0.29, 0.717) is 0 Å². The Kier molecular flexibility index (Phi) is 4.01. The van der Waals surface area contributed by atoms with Gasteiger partial charge < -0.3 is 4.74 Å². The molecule has 0 saturated carbocycles. The zero-order valence-electron chi connectivity index (χ0n) is 9.76. The maximum atomic E-state index is 10.9. The molecule has 7 heteroatoms. The second-order valence-electron chi connectivity index (χ2n) is 3.72. The van der Waals surface area contributed by atoms with Gasteiger partial charge in [0.1, 0.15) is 0 Å². The minimum Gasteiger partial charge on any atom is -0.430 e. The third-order valence-corrected chi connectivity index (χ3v) is 3.07. The molecule has 2 rings (SSSR count). The first-order chi connectivity index (χ1) is 8.99. The zero-order valence-corrected chi connectivity index (χ0v) is 12.1. The van der Waals surface area contributed by atoms with Crippen molar-refractivity contribution in [3.05, 3.63) is 55.6 Å². The number of nitro groups is 1. The van der Waals surface area contributed by atoms with E-state index in [9.17, 15) is 10.1 Å². The number of aryl methyl sites for hydroxylation is 1. The molecular weight excluding hydrogens is 336 g/mol. The fraction of sp³-hybridized carbons (Fsp3) is 0.0833. The van der Waals surface area contributed by atoms with Gasteiger partial charge in [-0.3, -0.25) is 10.1 Å². The monoisotopic (exact) mass is 342 g/mol. The van der Waals surface area contributed by atoms with Crippen molar-refractivity contribution < 1.29 is 9.66 Å². The van der Waals surface area contributed by atoms with Crippen LogP contribution in [0.5, 0.6) is 11.6 Å². The number of ether oxygens (including phenoxy) is 1. The lowest BCUT2D eigenvalue weighted by molar-refractivity contribution is -0.385. The summed E-state index contributed by atoms with van der Waals surface area (Å²) in [4.78, 5) is 14.5. The number of halogens is 2. The molecule has 0 aliphatic rings. The summed E-state index contributed by atoms with van der Waals surface area (Å²) < 4.78 is 6.28. The van der Waals surface area contributed by atoms with Gasteiger partial charge in [0.25, 0.3) is 0 Å². The predicted octanol–water partition coefficient (Wildman–Crippen LogP) is 4.51. The Bertz CT molecular complexity index is 649. The molecule has 0 N–H and O–H groups in total. The second kappa shape index (κ2) is 5.54. The lowest BCUT2D eigenvalue weighted by Crippen LogP contribution is -1.96. The molecule has 0 fully saturated rings. The molecule has 1 aromatic carbocycles. The summed E-state index contributed by atoms with van der Waals surface area (Å²) in [5.74, 6) is 0.270. The van der Waals surface area contributed by atoms with Gasteiger partial charge in [-0.05, 0) is 35.0 Å². The van der Waals surface area contributed by atoms with E-state index in [1.165, 1.54) is 18.2 Å². The molecule has 0 amide bonds. The van der Waals surface area contributed by atoms with Crippen molar-refractivity contribution in [1.29, 1.82) is 0 Å². The summed E-state index contributed by atoms with van der Waals surface area (Å²) in [5, 5.41) is 11.1. The summed E-state index contributed by atoms with van der Waals surface area (Å²) >= 11 is 9.22. The van der Waals surface area contributed by atoms with Crippen LogP contribution in [0.4, 0.5) is 5.69 Å². The largest absolute Gasteiger partial charge is 0.430 e. The van der Waals surface area contributed by atoms with Gasteiger partial charge in [-0.25, -0.2) is 4.98 Å². The third kappa shape index (κ3) is 3.02. The number of pyridine rings is 1. The third-order valence-electron chi connectivity index (χ3n) is 2.34. The first kappa shape index (κ1) is 13.8. The lowest BCUT2D eigenvalue weighted by Gasteiger charge is -2.09. The van der Waals surface area contributed by atoms with Crippen LogP contribution in [0.25, 0.3) is 0 Å². The molecule has 2 aromatic rings. The van der Waals surface area contributed by atoms with Crippen LogP contribution in [0.1, 0.15) is 5.56 Å². The summed E-state index contributed by atoms with van der Waals surface area (Å²) in [6, 6.07) is 6.15. The Morgan fingerprint density at radius 3 is 2.84 bits per heavy atom. The van der Waals surface area contributed by atoms with Crippen molar-refractivity contribution in [1.82, 2.24) is 4.98 Å². The molecule has 0 atom stereocenters. The minimum atomic E-state index is -0.546. The highest BCUT2D eigenvalue weighted by atomic mass is 79.9. The predicted molar refractivity (Wildman–Crippen MR) is 74.9 cm³/mol. The second-order valence-corrected chi connectivity index (χ2v) is 5.05. The van der Waals surface area contributed by atoms with Crippen molar-refractivity contribution in [3.63, 3.8) is 0 Å². The number of aromatic nitrogens is 1. The summed E-state index contributed by atoms with van der Waals surface area (Å²) in [6.07, 6.45) is 1.55. The van der Waals surface area contributed by atoms with E-state index < -0.39 is 4.92 Å². The quantitative estimate of drug-likeness (QED) is 0.607. The van der Waals surface area contributed by atoms with Crippen molar-refractivity contribution in [2.45, 2.75) is 6.92 Å². The van der Waals surface area contributed by atoms with Crippen LogP contribution in [0.3, 0.4) is 0 Å². The maximum Gasteiger partial charge on any atom is 0.313 e. The number of rotatable bonds is 3. The van der Waals surface area contributed by atoms with Crippen LogP contribution in [-0.2, 0) is 0 Å². The highest BCUT2D eigenvalue weighted by Gasteiger charge is 2.20. The summed E-state index contributed by atoms with van der Waals surface area (Å²) in [7, 11) is 0. The lowest BCUT2D eigenvalue weighted by atomic mass is 10.3. The topological polar surface area (TPSA) is 65.3 Å². The molecule has 0 aliphatic heterocycles. The molecule has 1 heterocycles. The Labute approximate surface area is 122 Å². The van der Waals surface area contributed by atoms with Crippen LogP contribution >= 0.6 is 27.5 Å². The smallest absolute Gasteiger partial charge is 0.313 e. The Morgan fingerprint density at radius 1 is 1.47 bits per heavy atom. The molecule has 0 unspecified atom stereocenters. The van der Waals surface area contributed by atoms with Crippen LogP contribution in [0, 0.1) is 17.0 Å². The fourth-order valence-electron chi connectivity index (χ4n) is 1.47. The minimum absolute atomic E-state index is 0.00732. The molecule has 0 radical (unpaired) electrons. The highest BCUT2D eigenvalue weighted by Crippen LogP contribution is 2.38. The number of hydrogen-bond acceptors (Lipinski definition) is 4. The molecule has 0 aliphatic carbocycles. The standard InChI is InChI=1S/C12H8BrClN2O3/c1-7-5-8(13)6-15-12(7)19-11-9(14)3-2-4-10(11)16(17)18/h2-6H,1H3. The van der Waals surface area contributed by atoms with Gasteiger partial charge in [0.2, 0.25) is 11.6 Å². The molecule has 1 aromatic heterocycles. The van der Waals surface area contributed by atoms with Crippen molar-refractivity contribution in [2.75, 3.05) is 0 Å². The van der Waals surface area contributed by atoms with Gasteiger partial charge in [-0.1, -0.05) is 17.7 Å². The number of benzene rings is 1. The number of nitro benzene ring substituents is 1. The molecule has 0 spiro atoms. The van der Waals surface area contributed by atoms with Crippen LogP contribution in [0.15, 0.2) is 34.9 Å². The Balaban J connectivity index is 2.46. The Hall–Kier alpha value is -1.66. The number of para-hydroxylation sites is 1. The summed E-state index contributed by atoms with van der Waals surface area (Å²) in [6.45, 7) is 1.79. The van der Waals surface area contributed by atoms with Crippen LogP contribution < -0.4 is 4.74 Å². The van der Waals surface area contributed by atoms with E-state index in [1.807, 2.05) is 0 Å². The Morgan fingerprint density at radius 2 is 2.21 bits per heavy atom.